The molecule has 0 aliphatic rings. The molecule has 0 fully saturated rings. The Bertz CT molecular complexity index is 1180. The van der Waals surface area contributed by atoms with Crippen molar-refractivity contribution in [3.63, 3.8) is 0 Å². The third kappa shape index (κ3) is 4.07. The smallest absolute Gasteiger partial charge is 0.159 e. The number of benzene rings is 3. The summed E-state index contributed by atoms with van der Waals surface area (Å²) in [5.41, 5.74) is 5.44. The second-order valence-electron chi connectivity index (χ2n) is 8.31. The van der Waals surface area contributed by atoms with E-state index in [1.807, 2.05) is 42.6 Å². The van der Waals surface area contributed by atoms with Crippen LogP contribution in [-0.2, 0) is 5.41 Å². The first-order chi connectivity index (χ1) is 14.3. The lowest BCUT2D eigenvalue weighted by Crippen LogP contribution is -2.10. The summed E-state index contributed by atoms with van der Waals surface area (Å²) < 4.78 is 0. The van der Waals surface area contributed by atoms with E-state index < -0.39 is 0 Å². The van der Waals surface area contributed by atoms with Crippen LogP contribution < -0.4 is 0 Å². The SMILES string of the molecule is CC(C)(C)c1ccc(-c2cnc(-c3ccc(Cl)cc3)nc2-c2ccccc2O)cc1. The van der Waals surface area contributed by atoms with Gasteiger partial charge in [-0.2, -0.15) is 0 Å². The van der Waals surface area contributed by atoms with E-state index in [-0.39, 0.29) is 11.2 Å². The van der Waals surface area contributed by atoms with Gasteiger partial charge in [-0.3, -0.25) is 0 Å². The van der Waals surface area contributed by atoms with Crippen molar-refractivity contribution in [3.05, 3.63) is 89.6 Å². The minimum atomic E-state index is 0.0774. The molecule has 0 aliphatic heterocycles. The van der Waals surface area contributed by atoms with Gasteiger partial charge in [0.05, 0.1) is 5.69 Å². The van der Waals surface area contributed by atoms with E-state index in [2.05, 4.69) is 50.0 Å². The van der Waals surface area contributed by atoms with Gasteiger partial charge in [0.15, 0.2) is 5.82 Å². The normalized spacial score (nSPS) is 11.5. The molecule has 3 nitrogen and oxygen atoms in total. The molecule has 1 heterocycles. The Hall–Kier alpha value is -3.17. The zero-order chi connectivity index (χ0) is 21.3. The van der Waals surface area contributed by atoms with Crippen LogP contribution in [0.25, 0.3) is 33.8 Å². The van der Waals surface area contributed by atoms with Gasteiger partial charge in [0.25, 0.3) is 0 Å². The number of para-hydroxylation sites is 1. The maximum Gasteiger partial charge on any atom is 0.159 e. The average molecular weight is 415 g/mol. The third-order valence-corrected chi connectivity index (χ3v) is 5.36. The number of aromatic hydroxyl groups is 1. The fraction of sp³-hybridized carbons (Fsp3) is 0.154. The fourth-order valence-corrected chi connectivity index (χ4v) is 3.49. The summed E-state index contributed by atoms with van der Waals surface area (Å²) in [6, 6.07) is 23.1. The van der Waals surface area contributed by atoms with E-state index in [0.29, 0.717) is 22.1 Å². The molecule has 0 bridgehead atoms. The topological polar surface area (TPSA) is 46.0 Å². The molecule has 1 N–H and O–H groups in total. The maximum atomic E-state index is 10.5. The van der Waals surface area contributed by atoms with Crippen molar-refractivity contribution in [1.82, 2.24) is 9.97 Å². The van der Waals surface area contributed by atoms with E-state index in [4.69, 9.17) is 16.6 Å². The summed E-state index contributed by atoms with van der Waals surface area (Å²) in [6.45, 7) is 6.58. The highest BCUT2D eigenvalue weighted by Crippen LogP contribution is 2.37. The number of phenols is 1. The van der Waals surface area contributed by atoms with Crippen LogP contribution in [0.2, 0.25) is 5.02 Å². The predicted molar refractivity (Wildman–Crippen MR) is 124 cm³/mol. The highest BCUT2D eigenvalue weighted by Gasteiger charge is 2.17. The van der Waals surface area contributed by atoms with Crippen LogP contribution in [-0.4, -0.2) is 15.1 Å². The predicted octanol–water partition coefficient (Wildman–Crippen LogP) is 7.13. The number of aromatic nitrogens is 2. The van der Waals surface area contributed by atoms with Crippen LogP contribution in [0, 0.1) is 0 Å². The highest BCUT2D eigenvalue weighted by atomic mass is 35.5. The molecule has 0 amide bonds. The number of halogens is 1. The first-order valence-corrected chi connectivity index (χ1v) is 10.2. The van der Waals surface area contributed by atoms with Crippen molar-refractivity contribution in [2.45, 2.75) is 26.2 Å². The lowest BCUT2D eigenvalue weighted by atomic mass is 9.86. The number of nitrogens with zero attached hydrogens (tertiary/aromatic N) is 2. The van der Waals surface area contributed by atoms with Crippen LogP contribution >= 0.6 is 11.6 Å². The van der Waals surface area contributed by atoms with Gasteiger partial charge < -0.3 is 5.11 Å². The number of hydrogen-bond acceptors (Lipinski definition) is 3. The Balaban J connectivity index is 1.88. The zero-order valence-corrected chi connectivity index (χ0v) is 18.0. The Morgan fingerprint density at radius 1 is 0.767 bits per heavy atom. The Morgan fingerprint density at radius 3 is 2.03 bits per heavy atom. The number of rotatable bonds is 3. The quantitative estimate of drug-likeness (QED) is 0.387. The van der Waals surface area contributed by atoms with E-state index in [0.717, 1.165) is 16.7 Å². The lowest BCUT2D eigenvalue weighted by Gasteiger charge is -2.19. The van der Waals surface area contributed by atoms with Gasteiger partial charge in [0.2, 0.25) is 0 Å². The molecular weight excluding hydrogens is 392 g/mol. The molecule has 4 rings (SSSR count). The summed E-state index contributed by atoms with van der Waals surface area (Å²) in [7, 11) is 0. The van der Waals surface area contributed by atoms with E-state index in [1.165, 1.54) is 5.56 Å². The van der Waals surface area contributed by atoms with Crippen molar-refractivity contribution >= 4 is 11.6 Å². The first-order valence-electron chi connectivity index (χ1n) is 9.85. The van der Waals surface area contributed by atoms with Gasteiger partial charge in [-0.25, -0.2) is 9.97 Å². The second kappa shape index (κ2) is 7.92. The second-order valence-corrected chi connectivity index (χ2v) is 8.74. The van der Waals surface area contributed by atoms with Crippen molar-refractivity contribution in [2.75, 3.05) is 0 Å². The molecule has 0 aliphatic carbocycles. The van der Waals surface area contributed by atoms with Crippen LogP contribution in [0.4, 0.5) is 0 Å². The monoisotopic (exact) mass is 414 g/mol. The Labute approximate surface area is 182 Å². The van der Waals surface area contributed by atoms with Gasteiger partial charge in [0.1, 0.15) is 5.75 Å². The van der Waals surface area contributed by atoms with Gasteiger partial charge >= 0.3 is 0 Å². The molecule has 3 aromatic carbocycles. The third-order valence-electron chi connectivity index (χ3n) is 5.11. The summed E-state index contributed by atoms with van der Waals surface area (Å²) in [5.74, 6) is 0.769. The summed E-state index contributed by atoms with van der Waals surface area (Å²) in [4.78, 5) is 9.44. The molecule has 0 saturated heterocycles. The van der Waals surface area contributed by atoms with Crippen LogP contribution in [0.15, 0.2) is 79.0 Å². The maximum absolute atomic E-state index is 10.5. The summed E-state index contributed by atoms with van der Waals surface area (Å²) in [6.07, 6.45) is 1.82. The van der Waals surface area contributed by atoms with Crippen LogP contribution in [0.1, 0.15) is 26.3 Å². The van der Waals surface area contributed by atoms with Gasteiger partial charge in [-0.1, -0.05) is 68.8 Å². The minimum Gasteiger partial charge on any atom is -0.507 e. The molecule has 0 radical (unpaired) electrons. The zero-order valence-electron chi connectivity index (χ0n) is 17.2. The first kappa shape index (κ1) is 20.1. The Morgan fingerprint density at radius 2 is 1.40 bits per heavy atom. The number of hydrogen-bond donors (Lipinski definition) is 1. The van der Waals surface area contributed by atoms with Crippen LogP contribution in [0.3, 0.4) is 0 Å². The van der Waals surface area contributed by atoms with Crippen LogP contribution in [0.5, 0.6) is 5.75 Å². The minimum absolute atomic E-state index is 0.0774. The molecule has 150 valence electrons. The molecule has 0 saturated carbocycles. The largest absolute Gasteiger partial charge is 0.507 e. The molecule has 0 spiro atoms. The summed E-state index contributed by atoms with van der Waals surface area (Å²) >= 11 is 6.02. The molecule has 4 aromatic rings. The van der Waals surface area contributed by atoms with Gasteiger partial charge in [-0.05, 0) is 52.9 Å². The van der Waals surface area contributed by atoms with Gasteiger partial charge in [-0.15, -0.1) is 0 Å². The van der Waals surface area contributed by atoms with E-state index >= 15 is 0 Å². The fourth-order valence-electron chi connectivity index (χ4n) is 3.36. The van der Waals surface area contributed by atoms with Gasteiger partial charge in [0, 0.05) is 27.9 Å². The molecular formula is C26H23ClN2O. The van der Waals surface area contributed by atoms with Crippen molar-refractivity contribution in [3.8, 4) is 39.5 Å². The molecule has 0 unspecified atom stereocenters. The molecule has 30 heavy (non-hydrogen) atoms. The van der Waals surface area contributed by atoms with E-state index in [9.17, 15) is 5.11 Å². The lowest BCUT2D eigenvalue weighted by molar-refractivity contribution is 0.477. The molecule has 1 aromatic heterocycles. The number of phenolic OH excluding ortho intramolecular Hbond substituents is 1. The van der Waals surface area contributed by atoms with E-state index in [1.54, 1.807) is 12.1 Å². The average Bonchev–Trinajstić information content (AvgIpc) is 2.74. The highest BCUT2D eigenvalue weighted by molar-refractivity contribution is 6.30. The van der Waals surface area contributed by atoms with Crippen molar-refractivity contribution in [2.24, 2.45) is 0 Å². The molecule has 0 atom stereocenters. The Kier molecular flexibility index (Phi) is 5.31. The standard InChI is InChI=1S/C26H23ClN2O/c1-26(2,3)19-12-8-17(9-13-19)22-16-28-25(18-10-14-20(27)15-11-18)29-24(22)21-6-4-5-7-23(21)30/h4-16,30H,1-3H3. The van der Waals surface area contributed by atoms with Crippen molar-refractivity contribution < 1.29 is 5.11 Å². The van der Waals surface area contributed by atoms with Crippen molar-refractivity contribution in [1.29, 1.82) is 0 Å². The summed E-state index contributed by atoms with van der Waals surface area (Å²) in [5, 5.41) is 11.2. The molecule has 4 heteroatoms.